The maximum Gasteiger partial charge on any atom is 0.0494 e. The van der Waals surface area contributed by atoms with Crippen molar-refractivity contribution in [3.63, 3.8) is 0 Å². The lowest BCUT2D eigenvalue weighted by atomic mass is 10.0. The molecule has 6 aromatic rings. The fourth-order valence-corrected chi connectivity index (χ4v) is 7.32. The largest absolute Gasteiger partial charge is 0.336 e. The first-order valence-electron chi connectivity index (χ1n) is 11.5. The van der Waals surface area contributed by atoms with Gasteiger partial charge in [-0.25, -0.2) is 0 Å². The average molecular weight is 472 g/mol. The molecule has 1 nitrogen and oxygen atoms in total. The number of benzene rings is 5. The molecule has 1 aliphatic heterocycles. The van der Waals surface area contributed by atoms with Gasteiger partial charge in [0.15, 0.2) is 0 Å². The standard InChI is InChI=1S/C31H21NS2/c1-3-11-26-24(8-1)25-9-2-4-12-27(25)32(26)20-21-16-18-22(19-17-21)23-10-7-15-30-31(23)34-29-14-6-5-13-28(29)33-30/h1-19H,20H2. The van der Waals surface area contributed by atoms with Gasteiger partial charge in [-0.15, -0.1) is 0 Å². The highest BCUT2D eigenvalue weighted by atomic mass is 32.2. The molecule has 0 saturated heterocycles. The van der Waals surface area contributed by atoms with Crippen LogP contribution in [0.2, 0.25) is 0 Å². The lowest BCUT2D eigenvalue weighted by Gasteiger charge is -2.21. The van der Waals surface area contributed by atoms with Gasteiger partial charge in [0.1, 0.15) is 0 Å². The predicted octanol–water partition coefficient (Wildman–Crippen LogP) is 9.13. The summed E-state index contributed by atoms with van der Waals surface area (Å²) in [5.74, 6) is 0. The second-order valence-electron chi connectivity index (χ2n) is 8.60. The number of rotatable bonds is 3. The molecule has 0 unspecified atom stereocenters. The van der Waals surface area contributed by atoms with Crippen LogP contribution >= 0.6 is 23.5 Å². The van der Waals surface area contributed by atoms with Crippen molar-refractivity contribution in [3.05, 3.63) is 121 Å². The summed E-state index contributed by atoms with van der Waals surface area (Å²) in [5, 5.41) is 2.64. The number of aromatic nitrogens is 1. The maximum absolute atomic E-state index is 2.44. The summed E-state index contributed by atoms with van der Waals surface area (Å²) in [7, 11) is 0. The van der Waals surface area contributed by atoms with Gasteiger partial charge in [0.25, 0.3) is 0 Å². The second-order valence-corrected chi connectivity index (χ2v) is 10.7. The van der Waals surface area contributed by atoms with Crippen molar-refractivity contribution in [2.75, 3.05) is 0 Å². The van der Waals surface area contributed by atoms with Gasteiger partial charge in [0.2, 0.25) is 0 Å². The molecule has 0 spiro atoms. The van der Waals surface area contributed by atoms with E-state index in [1.54, 1.807) is 0 Å². The Labute approximate surface area is 207 Å². The molecule has 0 bridgehead atoms. The fourth-order valence-electron chi connectivity index (χ4n) is 4.92. The highest BCUT2D eigenvalue weighted by Gasteiger charge is 2.20. The van der Waals surface area contributed by atoms with E-state index in [0.29, 0.717) is 0 Å². The minimum atomic E-state index is 0.860. The first-order valence-corrected chi connectivity index (χ1v) is 13.1. The average Bonchev–Trinajstić information content (AvgIpc) is 3.21. The summed E-state index contributed by atoms with van der Waals surface area (Å²) in [6.07, 6.45) is 0. The van der Waals surface area contributed by atoms with Gasteiger partial charge in [-0.2, -0.15) is 0 Å². The third-order valence-electron chi connectivity index (χ3n) is 6.55. The monoisotopic (exact) mass is 471 g/mol. The summed E-state index contributed by atoms with van der Waals surface area (Å²) in [5.41, 5.74) is 6.48. The van der Waals surface area contributed by atoms with E-state index in [1.807, 2.05) is 23.5 Å². The minimum Gasteiger partial charge on any atom is -0.336 e. The minimum absolute atomic E-state index is 0.860. The van der Waals surface area contributed by atoms with Crippen LogP contribution in [0.5, 0.6) is 0 Å². The zero-order valence-electron chi connectivity index (χ0n) is 18.4. The van der Waals surface area contributed by atoms with Crippen LogP contribution in [0.3, 0.4) is 0 Å². The zero-order chi connectivity index (χ0) is 22.5. The predicted molar refractivity (Wildman–Crippen MR) is 145 cm³/mol. The number of fused-ring (bicyclic) bond motifs is 5. The third kappa shape index (κ3) is 3.27. The molecule has 1 aromatic heterocycles. The van der Waals surface area contributed by atoms with Crippen molar-refractivity contribution in [3.8, 4) is 11.1 Å². The number of hydrogen-bond donors (Lipinski definition) is 0. The Morgan fingerprint density at radius 2 is 1.09 bits per heavy atom. The van der Waals surface area contributed by atoms with Crippen molar-refractivity contribution in [1.29, 1.82) is 0 Å². The molecule has 0 N–H and O–H groups in total. The van der Waals surface area contributed by atoms with E-state index in [9.17, 15) is 0 Å². The fraction of sp³-hybridized carbons (Fsp3) is 0.0323. The highest BCUT2D eigenvalue weighted by Crippen LogP contribution is 2.51. The van der Waals surface area contributed by atoms with Crippen molar-refractivity contribution >= 4 is 45.3 Å². The van der Waals surface area contributed by atoms with E-state index in [1.165, 1.54) is 58.1 Å². The second kappa shape index (κ2) is 8.12. The Balaban J connectivity index is 1.25. The summed E-state index contributed by atoms with van der Waals surface area (Å²) >= 11 is 3.77. The van der Waals surface area contributed by atoms with E-state index in [4.69, 9.17) is 0 Å². The molecule has 0 saturated carbocycles. The molecule has 3 heteroatoms. The van der Waals surface area contributed by atoms with Gasteiger partial charge in [-0.05, 0) is 47.0 Å². The maximum atomic E-state index is 2.44. The van der Waals surface area contributed by atoms with E-state index < -0.39 is 0 Å². The summed E-state index contributed by atoms with van der Waals surface area (Å²) in [4.78, 5) is 5.39. The van der Waals surface area contributed by atoms with Gasteiger partial charge in [0, 0.05) is 47.9 Å². The van der Waals surface area contributed by atoms with Crippen LogP contribution in [-0.4, -0.2) is 4.57 Å². The van der Waals surface area contributed by atoms with Crippen LogP contribution in [0.1, 0.15) is 5.56 Å². The van der Waals surface area contributed by atoms with Crippen molar-refractivity contribution < 1.29 is 0 Å². The Hall–Kier alpha value is -3.40. The van der Waals surface area contributed by atoms with E-state index in [2.05, 4.69) is 120 Å². The van der Waals surface area contributed by atoms with Gasteiger partial charge in [-0.3, -0.25) is 0 Å². The number of para-hydroxylation sites is 2. The molecule has 34 heavy (non-hydrogen) atoms. The smallest absolute Gasteiger partial charge is 0.0494 e. The molecular formula is C31H21NS2. The first-order chi connectivity index (χ1) is 16.8. The Kier molecular flexibility index (Phi) is 4.78. The van der Waals surface area contributed by atoms with E-state index in [-0.39, 0.29) is 0 Å². The van der Waals surface area contributed by atoms with Crippen LogP contribution in [0, 0.1) is 0 Å². The molecule has 5 aromatic carbocycles. The molecule has 1 aliphatic rings. The van der Waals surface area contributed by atoms with Crippen molar-refractivity contribution in [2.24, 2.45) is 0 Å². The van der Waals surface area contributed by atoms with Crippen LogP contribution in [0.15, 0.2) is 135 Å². The third-order valence-corrected chi connectivity index (χ3v) is 9.16. The van der Waals surface area contributed by atoms with Gasteiger partial charge in [0.05, 0.1) is 0 Å². The molecule has 0 fully saturated rings. The molecule has 0 radical (unpaired) electrons. The number of nitrogens with zero attached hydrogens (tertiary/aromatic N) is 1. The van der Waals surface area contributed by atoms with Crippen molar-refractivity contribution in [2.45, 2.75) is 26.1 Å². The van der Waals surface area contributed by atoms with Crippen LogP contribution in [-0.2, 0) is 6.54 Å². The van der Waals surface area contributed by atoms with Crippen LogP contribution in [0.25, 0.3) is 32.9 Å². The Bertz CT molecular complexity index is 1620. The Morgan fingerprint density at radius 3 is 1.79 bits per heavy atom. The Morgan fingerprint density at radius 1 is 0.500 bits per heavy atom. The molecule has 0 amide bonds. The summed E-state index contributed by atoms with van der Waals surface area (Å²) in [6.45, 7) is 0.860. The van der Waals surface area contributed by atoms with E-state index in [0.717, 1.165) is 6.54 Å². The quantitative estimate of drug-likeness (QED) is 0.253. The molecule has 7 rings (SSSR count). The molecule has 0 atom stereocenters. The molecule has 0 aliphatic carbocycles. The topological polar surface area (TPSA) is 4.93 Å². The number of hydrogen-bond acceptors (Lipinski definition) is 2. The lowest BCUT2D eigenvalue weighted by molar-refractivity contribution is 0.869. The highest BCUT2D eigenvalue weighted by molar-refractivity contribution is 8.05. The normalized spacial score (nSPS) is 12.6. The summed E-state index contributed by atoms with van der Waals surface area (Å²) < 4.78 is 2.44. The molecule has 2 heterocycles. The van der Waals surface area contributed by atoms with Crippen LogP contribution in [0.4, 0.5) is 0 Å². The van der Waals surface area contributed by atoms with Gasteiger partial charge >= 0.3 is 0 Å². The van der Waals surface area contributed by atoms with Gasteiger partial charge < -0.3 is 4.57 Å². The van der Waals surface area contributed by atoms with Gasteiger partial charge in [-0.1, -0.05) is 108 Å². The van der Waals surface area contributed by atoms with Crippen molar-refractivity contribution in [1.82, 2.24) is 4.57 Å². The zero-order valence-corrected chi connectivity index (χ0v) is 20.1. The van der Waals surface area contributed by atoms with E-state index >= 15 is 0 Å². The van der Waals surface area contributed by atoms with Crippen LogP contribution < -0.4 is 0 Å². The molecular weight excluding hydrogens is 450 g/mol. The summed E-state index contributed by atoms with van der Waals surface area (Å²) in [6, 6.07) is 41.9. The SMILES string of the molecule is c1ccc2c(c1)Sc1cccc(-c3ccc(Cn4c5ccccc5c5ccccc54)cc3)c1S2. The molecule has 162 valence electrons. The first kappa shape index (κ1) is 20.0. The lowest BCUT2D eigenvalue weighted by Crippen LogP contribution is -1.99.